The maximum atomic E-state index is 11.7. The molecule has 0 saturated heterocycles. The van der Waals surface area contributed by atoms with Gasteiger partial charge in [-0.05, 0) is 19.1 Å². The summed E-state index contributed by atoms with van der Waals surface area (Å²) in [5.41, 5.74) is -0.210. The van der Waals surface area contributed by atoms with Crippen molar-refractivity contribution in [3.8, 4) is 0 Å². The molecule has 1 amide bonds. The van der Waals surface area contributed by atoms with Gasteiger partial charge in [0.25, 0.3) is 5.91 Å². The maximum Gasteiger partial charge on any atom is 0.338 e. The van der Waals surface area contributed by atoms with Crippen LogP contribution in [0, 0.1) is 0 Å². The lowest BCUT2D eigenvalue weighted by atomic mass is 10.2. The molecule has 0 bridgehead atoms. The lowest BCUT2D eigenvalue weighted by Crippen LogP contribution is -2.33. The van der Waals surface area contributed by atoms with Crippen molar-refractivity contribution in [1.82, 2.24) is 10.3 Å². The minimum Gasteiger partial charge on any atom is -0.478 e. The molecule has 1 unspecified atom stereocenters. The minimum atomic E-state index is -1.18. The van der Waals surface area contributed by atoms with Gasteiger partial charge in [0.2, 0.25) is 0 Å². The molecule has 1 atom stereocenters. The highest BCUT2D eigenvalue weighted by molar-refractivity contribution is 6.03. The quantitative estimate of drug-likeness (QED) is 0.781. The summed E-state index contributed by atoms with van der Waals surface area (Å²) in [6.07, 6.45) is 1.23. The Kier molecular flexibility index (Phi) is 4.59. The summed E-state index contributed by atoms with van der Waals surface area (Å²) in [5, 5.41) is 11.4. The molecule has 1 heterocycles. The third-order valence-electron chi connectivity index (χ3n) is 2.21. The van der Waals surface area contributed by atoms with Crippen molar-refractivity contribution in [1.29, 1.82) is 0 Å². The van der Waals surface area contributed by atoms with Gasteiger partial charge in [0.05, 0.1) is 11.7 Å². The third kappa shape index (κ3) is 3.53. The predicted molar refractivity (Wildman–Crippen MR) is 60.0 cm³/mol. The smallest absolute Gasteiger partial charge is 0.338 e. The Labute approximate surface area is 98.6 Å². The number of rotatable bonds is 5. The first-order chi connectivity index (χ1) is 8.06. The van der Waals surface area contributed by atoms with Crippen LogP contribution >= 0.6 is 0 Å². The van der Waals surface area contributed by atoms with Gasteiger partial charge >= 0.3 is 5.97 Å². The number of aromatic carboxylic acids is 1. The molecule has 92 valence electrons. The molecule has 0 fully saturated rings. The standard InChI is InChI=1S/C11H14N2O4/c1-7(17-2)6-13-10(14)9-8(11(15)16)4-3-5-12-9/h3-5,7H,6H2,1-2H3,(H,13,14)(H,15,16). The van der Waals surface area contributed by atoms with Crippen molar-refractivity contribution in [2.75, 3.05) is 13.7 Å². The van der Waals surface area contributed by atoms with Gasteiger partial charge in [-0.3, -0.25) is 9.78 Å². The Hall–Kier alpha value is -1.95. The van der Waals surface area contributed by atoms with Crippen molar-refractivity contribution < 1.29 is 19.4 Å². The molecule has 6 nitrogen and oxygen atoms in total. The number of carboxylic acids is 1. The number of aromatic nitrogens is 1. The number of ether oxygens (including phenoxy) is 1. The van der Waals surface area contributed by atoms with Crippen LogP contribution in [0.3, 0.4) is 0 Å². The molecule has 0 aliphatic carbocycles. The first-order valence-corrected chi connectivity index (χ1v) is 5.05. The molecular formula is C11H14N2O4. The van der Waals surface area contributed by atoms with Gasteiger partial charge in [0.1, 0.15) is 5.69 Å². The second-order valence-electron chi connectivity index (χ2n) is 3.46. The number of carboxylic acid groups (broad SMARTS) is 1. The van der Waals surface area contributed by atoms with E-state index in [0.29, 0.717) is 6.54 Å². The second kappa shape index (κ2) is 5.95. The van der Waals surface area contributed by atoms with Gasteiger partial charge in [-0.2, -0.15) is 0 Å². The molecule has 0 aliphatic heterocycles. The van der Waals surface area contributed by atoms with E-state index in [-0.39, 0.29) is 17.4 Å². The van der Waals surface area contributed by atoms with Crippen molar-refractivity contribution in [3.63, 3.8) is 0 Å². The summed E-state index contributed by atoms with van der Waals surface area (Å²) in [6.45, 7) is 2.09. The normalized spacial score (nSPS) is 11.9. The Morgan fingerprint density at radius 2 is 2.29 bits per heavy atom. The second-order valence-corrected chi connectivity index (χ2v) is 3.46. The van der Waals surface area contributed by atoms with Crippen molar-refractivity contribution in [2.24, 2.45) is 0 Å². The van der Waals surface area contributed by atoms with Crippen LogP contribution < -0.4 is 5.32 Å². The average Bonchev–Trinajstić information content (AvgIpc) is 2.35. The van der Waals surface area contributed by atoms with E-state index in [2.05, 4.69) is 10.3 Å². The maximum absolute atomic E-state index is 11.7. The number of carbonyl (C=O) groups is 2. The molecule has 17 heavy (non-hydrogen) atoms. The van der Waals surface area contributed by atoms with Gasteiger partial charge < -0.3 is 15.2 Å². The van der Waals surface area contributed by atoms with Crippen molar-refractivity contribution >= 4 is 11.9 Å². The summed E-state index contributed by atoms with van der Waals surface area (Å²) in [6, 6.07) is 2.81. The summed E-state index contributed by atoms with van der Waals surface area (Å²) in [4.78, 5) is 26.3. The Morgan fingerprint density at radius 1 is 1.59 bits per heavy atom. The van der Waals surface area contributed by atoms with Crippen molar-refractivity contribution in [2.45, 2.75) is 13.0 Å². The van der Waals surface area contributed by atoms with E-state index >= 15 is 0 Å². The van der Waals surface area contributed by atoms with Gasteiger partial charge in [0.15, 0.2) is 0 Å². The third-order valence-corrected chi connectivity index (χ3v) is 2.21. The number of nitrogens with zero attached hydrogens (tertiary/aromatic N) is 1. The topological polar surface area (TPSA) is 88.5 Å². The van der Waals surface area contributed by atoms with Gasteiger partial charge in [-0.25, -0.2) is 4.79 Å². The fourth-order valence-electron chi connectivity index (χ4n) is 1.16. The fraction of sp³-hybridized carbons (Fsp3) is 0.364. The molecule has 0 aromatic carbocycles. The number of pyridine rings is 1. The summed E-state index contributed by atoms with van der Waals surface area (Å²) < 4.78 is 4.96. The summed E-state index contributed by atoms with van der Waals surface area (Å²) >= 11 is 0. The predicted octanol–water partition coefficient (Wildman–Crippen LogP) is 0.544. The van der Waals surface area contributed by atoms with Crippen LogP contribution in [0.2, 0.25) is 0 Å². The number of methoxy groups -OCH3 is 1. The van der Waals surface area contributed by atoms with Crippen LogP contribution in [-0.4, -0.2) is 41.7 Å². The number of amides is 1. The Bertz CT molecular complexity index is 420. The zero-order valence-electron chi connectivity index (χ0n) is 9.64. The van der Waals surface area contributed by atoms with Gasteiger partial charge in [-0.1, -0.05) is 0 Å². The first-order valence-electron chi connectivity index (χ1n) is 5.05. The summed E-state index contributed by atoms with van der Waals surface area (Å²) in [7, 11) is 1.53. The monoisotopic (exact) mass is 238 g/mol. The van der Waals surface area contributed by atoms with Crippen LogP contribution in [0.5, 0.6) is 0 Å². The Morgan fingerprint density at radius 3 is 2.88 bits per heavy atom. The summed E-state index contributed by atoms with van der Waals surface area (Å²) in [5.74, 6) is -1.70. The highest BCUT2D eigenvalue weighted by Crippen LogP contribution is 2.05. The van der Waals surface area contributed by atoms with E-state index in [0.717, 1.165) is 0 Å². The van der Waals surface area contributed by atoms with E-state index in [9.17, 15) is 9.59 Å². The molecule has 1 aromatic heterocycles. The van der Waals surface area contributed by atoms with E-state index < -0.39 is 11.9 Å². The van der Waals surface area contributed by atoms with E-state index in [1.54, 1.807) is 6.92 Å². The van der Waals surface area contributed by atoms with Crippen LogP contribution in [0.1, 0.15) is 27.8 Å². The molecular weight excluding hydrogens is 224 g/mol. The molecule has 6 heteroatoms. The van der Waals surface area contributed by atoms with Crippen LogP contribution in [0.15, 0.2) is 18.3 Å². The van der Waals surface area contributed by atoms with Crippen LogP contribution in [0.4, 0.5) is 0 Å². The zero-order valence-corrected chi connectivity index (χ0v) is 9.64. The average molecular weight is 238 g/mol. The van der Waals surface area contributed by atoms with Crippen LogP contribution in [0.25, 0.3) is 0 Å². The highest BCUT2D eigenvalue weighted by Gasteiger charge is 2.17. The van der Waals surface area contributed by atoms with Gasteiger partial charge in [0, 0.05) is 19.9 Å². The fourth-order valence-corrected chi connectivity index (χ4v) is 1.16. The Balaban J connectivity index is 2.78. The lowest BCUT2D eigenvalue weighted by Gasteiger charge is -2.11. The molecule has 0 spiro atoms. The molecule has 1 aromatic rings. The van der Waals surface area contributed by atoms with E-state index in [4.69, 9.17) is 9.84 Å². The van der Waals surface area contributed by atoms with E-state index in [1.165, 1.54) is 25.4 Å². The van der Waals surface area contributed by atoms with Gasteiger partial charge in [-0.15, -0.1) is 0 Å². The van der Waals surface area contributed by atoms with E-state index in [1.807, 2.05) is 0 Å². The largest absolute Gasteiger partial charge is 0.478 e. The SMILES string of the molecule is COC(C)CNC(=O)c1ncccc1C(=O)O. The molecule has 1 rings (SSSR count). The molecule has 0 aliphatic rings. The van der Waals surface area contributed by atoms with Crippen molar-refractivity contribution in [3.05, 3.63) is 29.6 Å². The number of hydrogen-bond acceptors (Lipinski definition) is 4. The molecule has 2 N–H and O–H groups in total. The minimum absolute atomic E-state index is 0.0942. The van der Waals surface area contributed by atoms with Crippen LogP contribution in [-0.2, 0) is 4.74 Å². The molecule has 0 radical (unpaired) electrons. The first kappa shape index (κ1) is 13.1. The molecule has 0 saturated carbocycles. The number of carbonyl (C=O) groups excluding carboxylic acids is 1. The number of hydrogen-bond donors (Lipinski definition) is 2. The zero-order chi connectivity index (χ0) is 12.8. The lowest BCUT2D eigenvalue weighted by molar-refractivity contribution is 0.0688. The highest BCUT2D eigenvalue weighted by atomic mass is 16.5. The number of nitrogens with one attached hydrogen (secondary N) is 1.